The molecule has 1 aliphatic carbocycles. The van der Waals surface area contributed by atoms with Crippen LogP contribution >= 0.6 is 0 Å². The van der Waals surface area contributed by atoms with Crippen molar-refractivity contribution in [1.82, 2.24) is 29.9 Å². The van der Waals surface area contributed by atoms with E-state index in [-0.39, 0.29) is 12.0 Å². The zero-order valence-corrected chi connectivity index (χ0v) is 19.9. The Bertz CT molecular complexity index is 1330. The number of aliphatic carboxylic acids is 1. The SMILES string of the molecule is Cn1nnc(-c2ccc(O[C@H]3CCC[C@H](C(=O)O)C3)cn2)c1CNc1nccc(-c2ccccc2)n1. The third-order valence-corrected chi connectivity index (χ3v) is 6.34. The number of pyridine rings is 1. The lowest BCUT2D eigenvalue weighted by Crippen LogP contribution is -2.29. The second-order valence-corrected chi connectivity index (χ2v) is 8.81. The van der Waals surface area contributed by atoms with Crippen LogP contribution in [0.2, 0.25) is 0 Å². The summed E-state index contributed by atoms with van der Waals surface area (Å²) in [6.45, 7) is 0.412. The van der Waals surface area contributed by atoms with Gasteiger partial charge in [-0.25, -0.2) is 14.6 Å². The number of carbonyl (C=O) groups is 1. The Morgan fingerprint density at radius 1 is 1.11 bits per heavy atom. The smallest absolute Gasteiger partial charge is 0.306 e. The monoisotopic (exact) mass is 485 g/mol. The fourth-order valence-corrected chi connectivity index (χ4v) is 4.41. The van der Waals surface area contributed by atoms with E-state index in [0.29, 0.717) is 42.5 Å². The normalized spacial score (nSPS) is 17.5. The first-order valence-electron chi connectivity index (χ1n) is 11.9. The number of aromatic nitrogens is 6. The van der Waals surface area contributed by atoms with E-state index in [1.54, 1.807) is 17.1 Å². The van der Waals surface area contributed by atoms with Crippen molar-refractivity contribution in [3.63, 3.8) is 0 Å². The lowest BCUT2D eigenvalue weighted by Gasteiger charge is -2.27. The number of aryl methyl sites for hydroxylation is 1. The van der Waals surface area contributed by atoms with Crippen molar-refractivity contribution in [1.29, 1.82) is 0 Å². The van der Waals surface area contributed by atoms with E-state index in [4.69, 9.17) is 4.74 Å². The summed E-state index contributed by atoms with van der Waals surface area (Å²) in [5, 5.41) is 21.0. The van der Waals surface area contributed by atoms with Crippen molar-refractivity contribution in [2.24, 2.45) is 13.0 Å². The van der Waals surface area contributed by atoms with Gasteiger partial charge in [-0.15, -0.1) is 5.10 Å². The summed E-state index contributed by atoms with van der Waals surface area (Å²) in [6, 6.07) is 15.5. The van der Waals surface area contributed by atoms with Crippen LogP contribution < -0.4 is 10.1 Å². The molecule has 0 amide bonds. The Morgan fingerprint density at radius 3 is 2.75 bits per heavy atom. The summed E-state index contributed by atoms with van der Waals surface area (Å²) in [7, 11) is 1.83. The number of hydrogen-bond acceptors (Lipinski definition) is 8. The van der Waals surface area contributed by atoms with E-state index in [2.05, 4.69) is 30.6 Å². The summed E-state index contributed by atoms with van der Waals surface area (Å²) in [5.41, 5.74) is 4.00. The average Bonchev–Trinajstić information content (AvgIpc) is 3.29. The number of carboxylic acids is 1. The lowest BCUT2D eigenvalue weighted by molar-refractivity contribution is -0.143. The molecule has 10 heteroatoms. The van der Waals surface area contributed by atoms with Crippen molar-refractivity contribution >= 4 is 11.9 Å². The van der Waals surface area contributed by atoms with E-state index in [1.165, 1.54) is 0 Å². The molecular weight excluding hydrogens is 458 g/mol. The molecule has 1 aliphatic rings. The van der Waals surface area contributed by atoms with Gasteiger partial charge in [0.2, 0.25) is 5.95 Å². The minimum atomic E-state index is -0.752. The zero-order valence-electron chi connectivity index (χ0n) is 19.9. The van der Waals surface area contributed by atoms with Gasteiger partial charge in [-0.1, -0.05) is 35.5 Å². The van der Waals surface area contributed by atoms with Crippen LogP contribution in [-0.2, 0) is 18.4 Å². The van der Waals surface area contributed by atoms with E-state index < -0.39 is 5.97 Å². The fraction of sp³-hybridized carbons (Fsp3) is 0.308. The summed E-state index contributed by atoms with van der Waals surface area (Å²) in [4.78, 5) is 24.8. The highest BCUT2D eigenvalue weighted by Crippen LogP contribution is 2.29. The van der Waals surface area contributed by atoms with Gasteiger partial charge >= 0.3 is 5.97 Å². The summed E-state index contributed by atoms with van der Waals surface area (Å²) < 4.78 is 7.72. The number of nitrogens with one attached hydrogen (secondary N) is 1. The molecule has 1 saturated carbocycles. The molecule has 3 heterocycles. The first kappa shape index (κ1) is 23.4. The van der Waals surface area contributed by atoms with Crippen LogP contribution in [0.5, 0.6) is 5.75 Å². The molecule has 0 bridgehead atoms. The van der Waals surface area contributed by atoms with Gasteiger partial charge in [0.1, 0.15) is 11.4 Å². The molecule has 4 aromatic rings. The maximum absolute atomic E-state index is 11.3. The van der Waals surface area contributed by atoms with E-state index >= 15 is 0 Å². The van der Waals surface area contributed by atoms with Crippen LogP contribution in [0.25, 0.3) is 22.6 Å². The number of hydrogen-bond donors (Lipinski definition) is 2. The Hall–Kier alpha value is -4.34. The maximum atomic E-state index is 11.3. The number of rotatable bonds is 8. The quantitative estimate of drug-likeness (QED) is 0.381. The van der Waals surface area contributed by atoms with Crippen LogP contribution in [0.1, 0.15) is 31.4 Å². The molecule has 0 saturated heterocycles. The summed E-state index contributed by atoms with van der Waals surface area (Å²) in [6.07, 6.45) is 6.18. The predicted octanol–water partition coefficient (Wildman–Crippen LogP) is 3.97. The highest BCUT2D eigenvalue weighted by atomic mass is 16.5. The van der Waals surface area contributed by atoms with Gasteiger partial charge in [0.05, 0.1) is 41.8 Å². The highest BCUT2D eigenvalue weighted by Gasteiger charge is 2.28. The molecule has 0 unspecified atom stereocenters. The predicted molar refractivity (Wildman–Crippen MR) is 133 cm³/mol. The molecule has 36 heavy (non-hydrogen) atoms. The molecular formula is C26H27N7O3. The Morgan fingerprint density at radius 2 is 1.97 bits per heavy atom. The molecule has 3 aromatic heterocycles. The Kier molecular flexibility index (Phi) is 6.83. The number of ether oxygens (including phenoxy) is 1. The van der Waals surface area contributed by atoms with E-state index in [1.807, 2.05) is 55.6 Å². The molecule has 1 aromatic carbocycles. The Labute approximate surface area is 208 Å². The second-order valence-electron chi connectivity index (χ2n) is 8.81. The van der Waals surface area contributed by atoms with Crippen molar-refractivity contribution < 1.29 is 14.6 Å². The lowest BCUT2D eigenvalue weighted by atomic mass is 9.87. The number of benzene rings is 1. The number of nitrogens with zero attached hydrogens (tertiary/aromatic N) is 6. The fourth-order valence-electron chi connectivity index (χ4n) is 4.41. The molecule has 0 aliphatic heterocycles. The third-order valence-electron chi connectivity index (χ3n) is 6.34. The molecule has 0 radical (unpaired) electrons. The topological polar surface area (TPSA) is 128 Å². The van der Waals surface area contributed by atoms with Crippen LogP contribution in [0.15, 0.2) is 60.9 Å². The molecule has 184 valence electrons. The molecule has 1 fully saturated rings. The Balaban J connectivity index is 1.26. The van der Waals surface area contributed by atoms with Gasteiger partial charge in [-0.2, -0.15) is 0 Å². The molecule has 0 spiro atoms. The number of carboxylic acid groups (broad SMARTS) is 1. The largest absolute Gasteiger partial charge is 0.489 e. The van der Waals surface area contributed by atoms with Crippen molar-refractivity contribution in [2.45, 2.75) is 38.3 Å². The van der Waals surface area contributed by atoms with E-state index in [9.17, 15) is 9.90 Å². The van der Waals surface area contributed by atoms with E-state index in [0.717, 1.165) is 29.8 Å². The van der Waals surface area contributed by atoms with Crippen LogP contribution in [0.3, 0.4) is 0 Å². The van der Waals surface area contributed by atoms with Crippen molar-refractivity contribution in [3.05, 3.63) is 66.6 Å². The third kappa shape index (κ3) is 5.32. The minimum absolute atomic E-state index is 0.115. The summed E-state index contributed by atoms with van der Waals surface area (Å²) in [5.74, 6) is 0.0256. The number of anilines is 1. The average molecular weight is 486 g/mol. The minimum Gasteiger partial charge on any atom is -0.489 e. The van der Waals surface area contributed by atoms with Gasteiger partial charge in [0.15, 0.2) is 0 Å². The zero-order chi connectivity index (χ0) is 24.9. The first-order chi connectivity index (χ1) is 17.6. The van der Waals surface area contributed by atoms with Gasteiger partial charge in [-0.05, 0) is 43.9 Å². The van der Waals surface area contributed by atoms with Crippen LogP contribution in [0, 0.1) is 5.92 Å². The van der Waals surface area contributed by atoms with Gasteiger partial charge < -0.3 is 15.2 Å². The molecule has 2 atom stereocenters. The van der Waals surface area contributed by atoms with Crippen molar-refractivity contribution in [3.8, 4) is 28.4 Å². The van der Waals surface area contributed by atoms with Gasteiger partial charge in [0, 0.05) is 18.8 Å². The van der Waals surface area contributed by atoms with Gasteiger partial charge in [0.25, 0.3) is 0 Å². The first-order valence-corrected chi connectivity index (χ1v) is 11.9. The molecule has 2 N–H and O–H groups in total. The van der Waals surface area contributed by atoms with Gasteiger partial charge in [-0.3, -0.25) is 9.78 Å². The molecule has 10 nitrogen and oxygen atoms in total. The summed E-state index contributed by atoms with van der Waals surface area (Å²) >= 11 is 0. The second kappa shape index (κ2) is 10.5. The maximum Gasteiger partial charge on any atom is 0.306 e. The molecule has 5 rings (SSSR count). The highest BCUT2D eigenvalue weighted by molar-refractivity contribution is 5.70. The van der Waals surface area contributed by atoms with Crippen molar-refractivity contribution in [2.75, 3.05) is 5.32 Å². The van der Waals surface area contributed by atoms with Crippen LogP contribution in [0.4, 0.5) is 5.95 Å². The van der Waals surface area contributed by atoms with Crippen LogP contribution in [-0.4, -0.2) is 47.1 Å². The standard InChI is InChI=1S/C26H27N7O3/c1-33-23(16-29-26-27-13-12-21(30-26)17-6-3-2-4-7-17)24(31-32-33)22-11-10-20(15-28-22)36-19-9-5-8-18(14-19)25(34)35/h2-4,6-7,10-13,15,18-19H,5,8-9,14,16H2,1H3,(H,34,35)(H,27,29,30)/t18-,19-/m0/s1.